The van der Waals surface area contributed by atoms with Crippen LogP contribution < -0.4 is 0 Å². The van der Waals surface area contributed by atoms with Crippen molar-refractivity contribution in [1.29, 1.82) is 0 Å². The summed E-state index contributed by atoms with van der Waals surface area (Å²) >= 11 is 5.41. The Balaban J connectivity index is 1.84. The lowest BCUT2D eigenvalue weighted by molar-refractivity contribution is 0.0908. The van der Waals surface area contributed by atoms with Crippen LogP contribution in [0.2, 0.25) is 0 Å². The second-order valence-electron chi connectivity index (χ2n) is 3.66. The van der Waals surface area contributed by atoms with Crippen molar-refractivity contribution in [3.05, 3.63) is 20.8 Å². The summed E-state index contributed by atoms with van der Waals surface area (Å²) in [7, 11) is 0. The Kier molecular flexibility index (Phi) is 3.06. The quantitative estimate of drug-likeness (QED) is 0.805. The van der Waals surface area contributed by atoms with E-state index in [4.69, 9.17) is 0 Å². The van der Waals surface area contributed by atoms with E-state index in [2.05, 4.69) is 39.2 Å². The molecule has 3 heteroatoms. The van der Waals surface area contributed by atoms with Crippen LogP contribution in [0, 0.1) is 5.92 Å². The molecule has 1 aliphatic heterocycles. The first-order valence-corrected chi connectivity index (χ1v) is 6.41. The van der Waals surface area contributed by atoms with Crippen molar-refractivity contribution in [2.75, 3.05) is 13.1 Å². The van der Waals surface area contributed by atoms with E-state index in [1.807, 2.05) is 11.3 Å². The van der Waals surface area contributed by atoms with Crippen molar-refractivity contribution in [3.8, 4) is 0 Å². The van der Waals surface area contributed by atoms with E-state index in [1.165, 1.54) is 28.9 Å². The minimum absolute atomic E-state index is 0.957. The number of rotatable bonds is 3. The van der Waals surface area contributed by atoms with Crippen LogP contribution in [0.25, 0.3) is 0 Å². The van der Waals surface area contributed by atoms with E-state index < -0.39 is 0 Å². The predicted octanol–water partition coefficient (Wildman–Crippen LogP) is 3.35. The number of nitrogens with zero attached hydrogens (tertiary/aromatic N) is 1. The second kappa shape index (κ2) is 4.11. The summed E-state index contributed by atoms with van der Waals surface area (Å²) in [6.45, 7) is 6.00. The van der Waals surface area contributed by atoms with Gasteiger partial charge in [0.05, 0.1) is 0 Å². The molecule has 1 aliphatic rings. The minimum Gasteiger partial charge on any atom is -0.298 e. The van der Waals surface area contributed by atoms with Crippen molar-refractivity contribution in [2.24, 2.45) is 5.92 Å². The van der Waals surface area contributed by atoms with E-state index in [0.29, 0.717) is 0 Å². The van der Waals surface area contributed by atoms with Gasteiger partial charge in [-0.1, -0.05) is 13.3 Å². The van der Waals surface area contributed by atoms with Crippen LogP contribution in [-0.4, -0.2) is 18.0 Å². The molecule has 2 rings (SSSR count). The van der Waals surface area contributed by atoms with Gasteiger partial charge in [0.25, 0.3) is 0 Å². The first-order chi connectivity index (χ1) is 6.29. The SMILES string of the molecule is CCC1CN(Cc2sccc2Br)C1. The molecule has 1 aromatic rings. The van der Waals surface area contributed by atoms with E-state index in [1.54, 1.807) is 0 Å². The number of thiophene rings is 1. The number of likely N-dealkylation sites (tertiary alicyclic amines) is 1. The largest absolute Gasteiger partial charge is 0.298 e. The van der Waals surface area contributed by atoms with Gasteiger partial charge in [0.15, 0.2) is 0 Å². The van der Waals surface area contributed by atoms with Gasteiger partial charge in [-0.3, -0.25) is 4.90 Å². The summed E-state index contributed by atoms with van der Waals surface area (Å²) in [4.78, 5) is 3.99. The highest BCUT2D eigenvalue weighted by Gasteiger charge is 2.25. The van der Waals surface area contributed by atoms with Crippen molar-refractivity contribution in [1.82, 2.24) is 4.90 Å². The molecule has 1 saturated heterocycles. The van der Waals surface area contributed by atoms with Crippen LogP contribution in [0.4, 0.5) is 0 Å². The third-order valence-corrected chi connectivity index (χ3v) is 4.58. The zero-order valence-corrected chi connectivity index (χ0v) is 10.2. The summed E-state index contributed by atoms with van der Waals surface area (Å²) in [6, 6.07) is 2.14. The number of hydrogen-bond donors (Lipinski definition) is 0. The number of halogens is 1. The smallest absolute Gasteiger partial charge is 0.0339 e. The third kappa shape index (κ3) is 2.14. The zero-order chi connectivity index (χ0) is 9.26. The lowest BCUT2D eigenvalue weighted by Crippen LogP contribution is -2.45. The van der Waals surface area contributed by atoms with Gasteiger partial charge in [-0.15, -0.1) is 11.3 Å². The molecule has 0 aromatic carbocycles. The highest BCUT2D eigenvalue weighted by molar-refractivity contribution is 9.10. The molecule has 1 fully saturated rings. The van der Waals surface area contributed by atoms with Crippen LogP contribution in [-0.2, 0) is 6.54 Å². The Morgan fingerprint density at radius 3 is 2.92 bits per heavy atom. The Labute approximate surface area is 91.9 Å². The van der Waals surface area contributed by atoms with Crippen LogP contribution >= 0.6 is 27.3 Å². The van der Waals surface area contributed by atoms with E-state index in [9.17, 15) is 0 Å². The predicted molar refractivity (Wildman–Crippen MR) is 61.1 cm³/mol. The number of hydrogen-bond acceptors (Lipinski definition) is 2. The van der Waals surface area contributed by atoms with Crippen molar-refractivity contribution in [2.45, 2.75) is 19.9 Å². The van der Waals surface area contributed by atoms with Gasteiger partial charge in [0.1, 0.15) is 0 Å². The van der Waals surface area contributed by atoms with Crippen molar-refractivity contribution < 1.29 is 0 Å². The first-order valence-electron chi connectivity index (χ1n) is 4.73. The molecule has 0 saturated carbocycles. The highest BCUT2D eigenvalue weighted by atomic mass is 79.9. The fraction of sp³-hybridized carbons (Fsp3) is 0.600. The van der Waals surface area contributed by atoms with Gasteiger partial charge in [0, 0.05) is 29.0 Å². The zero-order valence-electron chi connectivity index (χ0n) is 7.79. The van der Waals surface area contributed by atoms with Gasteiger partial charge in [0.2, 0.25) is 0 Å². The molecule has 1 nitrogen and oxygen atoms in total. The molecule has 0 unspecified atom stereocenters. The van der Waals surface area contributed by atoms with Crippen LogP contribution in [0.5, 0.6) is 0 Å². The standard InChI is InChI=1S/C10H14BrNS/c1-2-8-5-12(6-8)7-10-9(11)3-4-13-10/h3-4,8H,2,5-7H2,1H3. The average Bonchev–Trinajstić information content (AvgIpc) is 2.43. The van der Waals surface area contributed by atoms with Crippen LogP contribution in [0.15, 0.2) is 15.9 Å². The average molecular weight is 260 g/mol. The topological polar surface area (TPSA) is 3.24 Å². The Bertz CT molecular complexity index is 278. The Morgan fingerprint density at radius 1 is 1.62 bits per heavy atom. The molecule has 0 bridgehead atoms. The molecule has 0 radical (unpaired) electrons. The third-order valence-electron chi connectivity index (χ3n) is 2.67. The second-order valence-corrected chi connectivity index (χ2v) is 5.52. The van der Waals surface area contributed by atoms with Crippen molar-refractivity contribution in [3.63, 3.8) is 0 Å². The Morgan fingerprint density at radius 2 is 2.38 bits per heavy atom. The summed E-state index contributed by atoms with van der Waals surface area (Å²) in [5.41, 5.74) is 0. The summed E-state index contributed by atoms with van der Waals surface area (Å²) in [6.07, 6.45) is 1.34. The Hall–Kier alpha value is 0.140. The lowest BCUT2D eigenvalue weighted by Gasteiger charge is -2.38. The van der Waals surface area contributed by atoms with Crippen molar-refractivity contribution >= 4 is 27.3 Å². The summed E-state index contributed by atoms with van der Waals surface area (Å²) in [5, 5.41) is 2.15. The minimum atomic E-state index is 0.957. The molecular formula is C10H14BrNS. The van der Waals surface area contributed by atoms with Crippen LogP contribution in [0.1, 0.15) is 18.2 Å². The molecule has 0 amide bonds. The normalized spacial score (nSPS) is 18.9. The molecule has 1 aromatic heterocycles. The van der Waals surface area contributed by atoms with Gasteiger partial charge >= 0.3 is 0 Å². The van der Waals surface area contributed by atoms with Gasteiger partial charge in [-0.25, -0.2) is 0 Å². The highest BCUT2D eigenvalue weighted by Crippen LogP contribution is 2.27. The monoisotopic (exact) mass is 259 g/mol. The fourth-order valence-corrected chi connectivity index (χ4v) is 3.22. The lowest BCUT2D eigenvalue weighted by atomic mass is 9.97. The molecule has 13 heavy (non-hydrogen) atoms. The van der Waals surface area contributed by atoms with Gasteiger partial charge in [-0.05, 0) is 33.3 Å². The van der Waals surface area contributed by atoms with E-state index in [0.717, 1.165) is 12.5 Å². The molecule has 0 aliphatic carbocycles. The van der Waals surface area contributed by atoms with E-state index in [-0.39, 0.29) is 0 Å². The van der Waals surface area contributed by atoms with E-state index >= 15 is 0 Å². The maximum Gasteiger partial charge on any atom is 0.0339 e. The molecule has 0 spiro atoms. The van der Waals surface area contributed by atoms with Gasteiger partial charge in [-0.2, -0.15) is 0 Å². The fourth-order valence-electron chi connectivity index (χ4n) is 1.71. The maximum absolute atomic E-state index is 3.56. The molecule has 0 N–H and O–H groups in total. The summed E-state index contributed by atoms with van der Waals surface area (Å²) in [5.74, 6) is 0.957. The first kappa shape index (κ1) is 9.69. The molecule has 72 valence electrons. The molecule has 2 heterocycles. The molecular weight excluding hydrogens is 246 g/mol. The van der Waals surface area contributed by atoms with Crippen LogP contribution in [0.3, 0.4) is 0 Å². The van der Waals surface area contributed by atoms with Gasteiger partial charge < -0.3 is 0 Å². The molecule has 0 atom stereocenters. The summed E-state index contributed by atoms with van der Waals surface area (Å²) < 4.78 is 1.28. The maximum atomic E-state index is 3.56.